The Kier molecular flexibility index (Phi) is 4.45. The van der Waals surface area contributed by atoms with Crippen molar-refractivity contribution in [3.05, 3.63) is 29.6 Å². The molecular weight excluding hydrogens is 223 g/mol. The number of aliphatic hydroxyl groups excluding tert-OH is 1. The van der Waals surface area contributed by atoms with Crippen molar-refractivity contribution in [1.29, 1.82) is 0 Å². The van der Waals surface area contributed by atoms with Gasteiger partial charge >= 0.3 is 0 Å². The summed E-state index contributed by atoms with van der Waals surface area (Å²) in [5.41, 5.74) is 1.11. The summed E-state index contributed by atoms with van der Waals surface area (Å²) in [7, 11) is 3.27. The zero-order valence-corrected chi connectivity index (χ0v) is 10.2. The van der Waals surface area contributed by atoms with Crippen LogP contribution in [0.5, 0.6) is 0 Å². The van der Waals surface area contributed by atoms with Crippen LogP contribution in [0.25, 0.3) is 0 Å². The van der Waals surface area contributed by atoms with Crippen LogP contribution >= 0.6 is 0 Å². The molecule has 0 saturated carbocycles. The van der Waals surface area contributed by atoms with E-state index in [9.17, 15) is 14.3 Å². The zero-order chi connectivity index (χ0) is 13.0. The fourth-order valence-corrected chi connectivity index (χ4v) is 1.59. The number of likely N-dealkylation sites (N-methyl/N-ethyl adjacent to an activating group) is 2. The van der Waals surface area contributed by atoms with Crippen molar-refractivity contribution in [2.45, 2.75) is 13.0 Å². The van der Waals surface area contributed by atoms with Crippen LogP contribution in [0, 0.1) is 5.82 Å². The van der Waals surface area contributed by atoms with Gasteiger partial charge in [-0.1, -0.05) is 0 Å². The number of rotatable bonds is 4. The Bertz CT molecular complexity index is 407. The largest absolute Gasteiger partial charge is 0.389 e. The van der Waals surface area contributed by atoms with Gasteiger partial charge in [-0.25, -0.2) is 4.39 Å². The van der Waals surface area contributed by atoms with Gasteiger partial charge in [-0.3, -0.25) is 4.79 Å². The van der Waals surface area contributed by atoms with E-state index in [4.69, 9.17) is 0 Å². The van der Waals surface area contributed by atoms with Gasteiger partial charge in [-0.05, 0) is 25.1 Å². The number of aliphatic hydroxyl groups is 1. The quantitative estimate of drug-likeness (QED) is 0.827. The van der Waals surface area contributed by atoms with Gasteiger partial charge < -0.3 is 15.3 Å². The highest BCUT2D eigenvalue weighted by Crippen LogP contribution is 2.26. The third-order valence-corrected chi connectivity index (χ3v) is 2.51. The smallest absolute Gasteiger partial charge is 0.239 e. The summed E-state index contributed by atoms with van der Waals surface area (Å²) in [6.45, 7) is 1.72. The highest BCUT2D eigenvalue weighted by Gasteiger charge is 2.14. The number of carbonyl (C=O) groups excluding carboxylic acids is 1. The maximum Gasteiger partial charge on any atom is 0.239 e. The molecule has 2 N–H and O–H groups in total. The van der Waals surface area contributed by atoms with Crippen LogP contribution < -0.4 is 10.2 Å². The Labute approximate surface area is 100 Å². The molecule has 17 heavy (non-hydrogen) atoms. The van der Waals surface area contributed by atoms with Crippen molar-refractivity contribution in [2.75, 3.05) is 25.5 Å². The molecule has 1 amide bonds. The van der Waals surface area contributed by atoms with Gasteiger partial charge in [0, 0.05) is 25.3 Å². The molecule has 0 aliphatic rings. The van der Waals surface area contributed by atoms with E-state index in [-0.39, 0.29) is 12.5 Å². The van der Waals surface area contributed by atoms with Crippen LogP contribution in [-0.4, -0.2) is 31.7 Å². The van der Waals surface area contributed by atoms with Crippen molar-refractivity contribution >= 4 is 11.6 Å². The molecule has 1 aromatic carbocycles. The van der Waals surface area contributed by atoms with Gasteiger partial charge in [0.1, 0.15) is 5.82 Å². The van der Waals surface area contributed by atoms with E-state index in [0.717, 1.165) is 0 Å². The molecular formula is C12H17FN2O2. The van der Waals surface area contributed by atoms with Gasteiger partial charge in [-0.15, -0.1) is 0 Å². The minimum Gasteiger partial charge on any atom is -0.389 e. The Morgan fingerprint density at radius 2 is 2.24 bits per heavy atom. The van der Waals surface area contributed by atoms with Crippen LogP contribution in [0.3, 0.4) is 0 Å². The average molecular weight is 240 g/mol. The minimum absolute atomic E-state index is 0.145. The number of hydrogen-bond donors (Lipinski definition) is 2. The van der Waals surface area contributed by atoms with Crippen LogP contribution in [0.2, 0.25) is 0 Å². The second kappa shape index (κ2) is 5.63. The van der Waals surface area contributed by atoms with Crippen LogP contribution in [0.1, 0.15) is 18.6 Å². The summed E-state index contributed by atoms with van der Waals surface area (Å²) >= 11 is 0. The van der Waals surface area contributed by atoms with E-state index in [0.29, 0.717) is 11.3 Å². The van der Waals surface area contributed by atoms with Gasteiger partial charge in [-0.2, -0.15) is 0 Å². The van der Waals surface area contributed by atoms with E-state index in [2.05, 4.69) is 5.32 Å². The van der Waals surface area contributed by atoms with E-state index in [1.54, 1.807) is 32.0 Å². The summed E-state index contributed by atoms with van der Waals surface area (Å²) in [4.78, 5) is 12.9. The van der Waals surface area contributed by atoms with Crippen molar-refractivity contribution in [2.24, 2.45) is 0 Å². The number of amides is 1. The minimum atomic E-state index is -0.784. The molecule has 1 rings (SSSR count). The van der Waals surface area contributed by atoms with Crippen molar-refractivity contribution in [3.63, 3.8) is 0 Å². The fraction of sp³-hybridized carbons (Fsp3) is 0.417. The molecule has 0 aromatic heterocycles. The molecule has 0 bridgehead atoms. The van der Waals surface area contributed by atoms with Crippen molar-refractivity contribution in [1.82, 2.24) is 5.32 Å². The van der Waals surface area contributed by atoms with Gasteiger partial charge in [0.25, 0.3) is 0 Å². The predicted octanol–water partition coefficient (Wildman–Crippen LogP) is 1.06. The molecule has 0 radical (unpaired) electrons. The number of anilines is 1. The molecule has 0 fully saturated rings. The lowest BCUT2D eigenvalue weighted by atomic mass is 10.1. The van der Waals surface area contributed by atoms with E-state index in [1.165, 1.54) is 12.1 Å². The lowest BCUT2D eigenvalue weighted by molar-refractivity contribution is -0.119. The maximum atomic E-state index is 13.1. The molecule has 5 heteroatoms. The number of nitrogens with zero attached hydrogens (tertiary/aromatic N) is 1. The Hall–Kier alpha value is -1.62. The lowest BCUT2D eigenvalue weighted by Gasteiger charge is -2.22. The van der Waals surface area contributed by atoms with Crippen molar-refractivity contribution < 1.29 is 14.3 Å². The molecule has 4 nitrogen and oxygen atoms in total. The highest BCUT2D eigenvalue weighted by molar-refractivity contribution is 5.81. The average Bonchev–Trinajstić information content (AvgIpc) is 2.28. The molecule has 1 aromatic rings. The zero-order valence-electron chi connectivity index (χ0n) is 10.2. The number of benzene rings is 1. The fourth-order valence-electron chi connectivity index (χ4n) is 1.59. The van der Waals surface area contributed by atoms with Gasteiger partial charge in [0.15, 0.2) is 0 Å². The van der Waals surface area contributed by atoms with E-state index < -0.39 is 11.9 Å². The monoisotopic (exact) mass is 240 g/mol. The molecule has 0 unspecified atom stereocenters. The first-order valence-electron chi connectivity index (χ1n) is 5.35. The molecule has 94 valence electrons. The number of hydrogen-bond acceptors (Lipinski definition) is 3. The maximum absolute atomic E-state index is 13.1. The Balaban J connectivity index is 3.00. The van der Waals surface area contributed by atoms with Gasteiger partial charge in [0.05, 0.1) is 12.6 Å². The summed E-state index contributed by atoms with van der Waals surface area (Å²) < 4.78 is 13.1. The first-order chi connectivity index (χ1) is 7.95. The molecule has 0 spiro atoms. The lowest BCUT2D eigenvalue weighted by Crippen LogP contribution is -2.33. The Morgan fingerprint density at radius 3 is 2.76 bits per heavy atom. The predicted molar refractivity (Wildman–Crippen MR) is 64.4 cm³/mol. The molecule has 0 saturated heterocycles. The Morgan fingerprint density at radius 1 is 1.59 bits per heavy atom. The molecule has 0 aliphatic heterocycles. The highest BCUT2D eigenvalue weighted by atomic mass is 19.1. The van der Waals surface area contributed by atoms with Crippen LogP contribution in [0.15, 0.2) is 18.2 Å². The van der Waals surface area contributed by atoms with Gasteiger partial charge in [0.2, 0.25) is 5.91 Å². The molecule has 1 atom stereocenters. The normalized spacial score (nSPS) is 12.1. The number of halogens is 1. The van der Waals surface area contributed by atoms with Crippen molar-refractivity contribution in [3.8, 4) is 0 Å². The number of nitrogens with one attached hydrogen (secondary N) is 1. The summed E-state index contributed by atoms with van der Waals surface area (Å²) in [5, 5.41) is 12.1. The molecule has 0 aliphatic carbocycles. The third kappa shape index (κ3) is 3.42. The van der Waals surface area contributed by atoms with Crippen LogP contribution in [-0.2, 0) is 4.79 Å². The van der Waals surface area contributed by atoms with E-state index in [1.807, 2.05) is 0 Å². The SMILES string of the molecule is CNC(=O)CN(C)c1ccc(F)cc1[C@@H](C)O. The second-order valence-electron chi connectivity index (χ2n) is 3.91. The first-order valence-corrected chi connectivity index (χ1v) is 5.35. The standard InChI is InChI=1S/C12H17FN2O2/c1-8(16)10-6-9(13)4-5-11(10)15(3)7-12(17)14-2/h4-6,8,16H,7H2,1-3H3,(H,14,17)/t8-/m1/s1. The van der Waals surface area contributed by atoms with E-state index >= 15 is 0 Å². The topological polar surface area (TPSA) is 52.6 Å². The second-order valence-corrected chi connectivity index (χ2v) is 3.91. The summed E-state index contributed by atoms with van der Waals surface area (Å²) in [5.74, 6) is -0.550. The molecule has 0 heterocycles. The summed E-state index contributed by atoms with van der Waals surface area (Å²) in [6.07, 6.45) is -0.784. The summed E-state index contributed by atoms with van der Waals surface area (Å²) in [6, 6.07) is 4.14. The number of carbonyl (C=O) groups is 1. The first kappa shape index (κ1) is 13.4. The van der Waals surface area contributed by atoms with Crippen LogP contribution in [0.4, 0.5) is 10.1 Å². The third-order valence-electron chi connectivity index (χ3n) is 2.51.